The first-order chi connectivity index (χ1) is 9.10. The molecule has 0 bridgehead atoms. The molecule has 0 unspecified atom stereocenters. The van der Waals surface area contributed by atoms with E-state index in [0.29, 0.717) is 6.42 Å². The molecule has 0 fully saturated rings. The van der Waals surface area contributed by atoms with Crippen LogP contribution in [0.2, 0.25) is 0 Å². The van der Waals surface area contributed by atoms with Gasteiger partial charge in [-0.25, -0.2) is 0 Å². The summed E-state index contributed by atoms with van der Waals surface area (Å²) in [6, 6.07) is 11.4. The van der Waals surface area contributed by atoms with Crippen molar-refractivity contribution < 1.29 is 4.79 Å². The van der Waals surface area contributed by atoms with Crippen LogP contribution in [0.1, 0.15) is 19.8 Å². The van der Waals surface area contributed by atoms with E-state index < -0.39 is 6.04 Å². The maximum absolute atomic E-state index is 11.8. The number of anilines is 1. The minimum absolute atomic E-state index is 0.127. The highest BCUT2D eigenvalue weighted by atomic mass is 79.9. The Hall–Kier alpha value is -1.39. The first-order valence-corrected chi connectivity index (χ1v) is 7.15. The minimum Gasteiger partial charge on any atom is -0.325 e. The van der Waals surface area contributed by atoms with Gasteiger partial charge in [-0.05, 0) is 41.5 Å². The molecule has 0 heterocycles. The normalized spacial score (nSPS) is 12.4. The lowest BCUT2D eigenvalue weighted by atomic mass is 10.1. The van der Waals surface area contributed by atoms with Crippen LogP contribution < -0.4 is 11.1 Å². The average Bonchev–Trinajstić information content (AvgIpc) is 2.39. The Kier molecular flexibility index (Phi) is 4.56. The summed E-state index contributed by atoms with van der Waals surface area (Å²) in [6.07, 6.45) is 1.60. The van der Waals surface area contributed by atoms with Gasteiger partial charge in [0.05, 0.1) is 6.04 Å². The fourth-order valence-electron chi connectivity index (χ4n) is 1.97. The molecule has 2 rings (SSSR count). The smallest absolute Gasteiger partial charge is 0.241 e. The summed E-state index contributed by atoms with van der Waals surface area (Å²) >= 11 is 3.44. The van der Waals surface area contributed by atoms with Gasteiger partial charge in [-0.3, -0.25) is 4.79 Å². The van der Waals surface area contributed by atoms with E-state index in [0.717, 1.165) is 27.4 Å². The summed E-state index contributed by atoms with van der Waals surface area (Å²) in [5.74, 6) is -0.127. The third kappa shape index (κ3) is 3.55. The predicted molar refractivity (Wildman–Crippen MR) is 83.2 cm³/mol. The molecule has 1 atom stereocenters. The molecule has 0 saturated heterocycles. The van der Waals surface area contributed by atoms with Crippen molar-refractivity contribution in [3.63, 3.8) is 0 Å². The van der Waals surface area contributed by atoms with Gasteiger partial charge in [0.2, 0.25) is 5.91 Å². The van der Waals surface area contributed by atoms with Crippen molar-refractivity contribution >= 4 is 38.3 Å². The van der Waals surface area contributed by atoms with E-state index in [4.69, 9.17) is 5.73 Å². The Morgan fingerprint density at radius 3 is 2.68 bits per heavy atom. The maximum Gasteiger partial charge on any atom is 0.241 e. The number of carbonyl (C=O) groups is 1. The predicted octanol–water partition coefficient (Wildman–Crippen LogP) is 3.67. The standard InChI is InChI=1S/C15H17BrN2O/c1-2-3-14(17)15(19)18-13-7-5-10-8-12(16)6-4-11(10)9-13/h4-9,14H,2-3,17H2,1H3,(H,18,19)/t14-/m0/s1. The summed E-state index contributed by atoms with van der Waals surface area (Å²) < 4.78 is 1.04. The van der Waals surface area contributed by atoms with Gasteiger partial charge in [0.15, 0.2) is 0 Å². The van der Waals surface area contributed by atoms with Crippen molar-refractivity contribution in [2.45, 2.75) is 25.8 Å². The van der Waals surface area contributed by atoms with Gasteiger partial charge in [0.25, 0.3) is 0 Å². The molecule has 0 saturated carbocycles. The van der Waals surface area contributed by atoms with Crippen LogP contribution in [0.3, 0.4) is 0 Å². The SMILES string of the molecule is CCC[C@H](N)C(=O)Nc1ccc2cc(Br)ccc2c1. The lowest BCUT2D eigenvalue weighted by Gasteiger charge is -2.11. The molecule has 0 aromatic heterocycles. The van der Waals surface area contributed by atoms with Gasteiger partial charge in [-0.1, -0.05) is 41.4 Å². The van der Waals surface area contributed by atoms with Crippen molar-refractivity contribution in [2.24, 2.45) is 5.73 Å². The molecule has 3 nitrogen and oxygen atoms in total. The van der Waals surface area contributed by atoms with E-state index in [-0.39, 0.29) is 5.91 Å². The summed E-state index contributed by atoms with van der Waals surface area (Å²) in [7, 11) is 0. The number of benzene rings is 2. The Bertz CT molecular complexity index is 598. The van der Waals surface area contributed by atoms with Crippen LogP contribution in [-0.2, 0) is 4.79 Å². The van der Waals surface area contributed by atoms with Gasteiger partial charge >= 0.3 is 0 Å². The monoisotopic (exact) mass is 320 g/mol. The largest absolute Gasteiger partial charge is 0.325 e. The van der Waals surface area contributed by atoms with Crippen molar-refractivity contribution in [3.05, 3.63) is 40.9 Å². The first kappa shape index (κ1) is 14.0. The van der Waals surface area contributed by atoms with Crippen LogP contribution in [0.5, 0.6) is 0 Å². The Balaban J connectivity index is 2.17. The number of hydrogen-bond donors (Lipinski definition) is 2. The van der Waals surface area contributed by atoms with Crippen molar-refractivity contribution in [1.82, 2.24) is 0 Å². The number of hydrogen-bond acceptors (Lipinski definition) is 2. The lowest BCUT2D eigenvalue weighted by Crippen LogP contribution is -2.35. The molecule has 2 aromatic carbocycles. The van der Waals surface area contributed by atoms with E-state index in [1.54, 1.807) is 0 Å². The third-order valence-electron chi connectivity index (χ3n) is 3.01. The van der Waals surface area contributed by atoms with Crippen molar-refractivity contribution in [2.75, 3.05) is 5.32 Å². The molecule has 0 spiro atoms. The second-order valence-electron chi connectivity index (χ2n) is 4.59. The summed E-state index contributed by atoms with van der Waals surface area (Å²) in [4.78, 5) is 11.8. The van der Waals surface area contributed by atoms with Crippen LogP contribution in [0.25, 0.3) is 10.8 Å². The minimum atomic E-state index is -0.439. The van der Waals surface area contributed by atoms with Crippen molar-refractivity contribution in [1.29, 1.82) is 0 Å². The fourth-order valence-corrected chi connectivity index (χ4v) is 2.35. The molecular formula is C15H17BrN2O. The van der Waals surface area contributed by atoms with Gasteiger partial charge in [0, 0.05) is 10.2 Å². The molecule has 3 N–H and O–H groups in total. The number of rotatable bonds is 4. The topological polar surface area (TPSA) is 55.1 Å². The van der Waals surface area contributed by atoms with E-state index in [1.165, 1.54) is 0 Å². The molecule has 2 aromatic rings. The van der Waals surface area contributed by atoms with Gasteiger partial charge in [-0.15, -0.1) is 0 Å². The third-order valence-corrected chi connectivity index (χ3v) is 3.50. The Labute approximate surface area is 121 Å². The molecule has 0 aliphatic carbocycles. The number of fused-ring (bicyclic) bond motifs is 1. The fraction of sp³-hybridized carbons (Fsp3) is 0.267. The van der Waals surface area contributed by atoms with Crippen LogP contribution in [-0.4, -0.2) is 11.9 Å². The van der Waals surface area contributed by atoms with Crippen LogP contribution in [0, 0.1) is 0 Å². The zero-order valence-electron chi connectivity index (χ0n) is 10.8. The zero-order chi connectivity index (χ0) is 13.8. The van der Waals surface area contributed by atoms with Gasteiger partial charge < -0.3 is 11.1 Å². The molecule has 1 amide bonds. The number of nitrogens with two attached hydrogens (primary N) is 1. The molecular weight excluding hydrogens is 304 g/mol. The highest BCUT2D eigenvalue weighted by Crippen LogP contribution is 2.23. The van der Waals surface area contributed by atoms with Crippen LogP contribution in [0.15, 0.2) is 40.9 Å². The lowest BCUT2D eigenvalue weighted by molar-refractivity contribution is -0.117. The highest BCUT2D eigenvalue weighted by molar-refractivity contribution is 9.10. The Morgan fingerprint density at radius 2 is 1.95 bits per heavy atom. The van der Waals surface area contributed by atoms with E-state index in [2.05, 4.69) is 21.2 Å². The number of carbonyl (C=O) groups excluding carboxylic acids is 1. The highest BCUT2D eigenvalue weighted by Gasteiger charge is 2.12. The summed E-state index contributed by atoms with van der Waals surface area (Å²) in [5.41, 5.74) is 6.57. The van der Waals surface area contributed by atoms with Crippen LogP contribution >= 0.6 is 15.9 Å². The second kappa shape index (κ2) is 6.17. The zero-order valence-corrected chi connectivity index (χ0v) is 12.4. The molecule has 19 heavy (non-hydrogen) atoms. The Morgan fingerprint density at radius 1 is 1.26 bits per heavy atom. The van der Waals surface area contributed by atoms with Gasteiger partial charge in [-0.2, -0.15) is 0 Å². The van der Waals surface area contributed by atoms with E-state index >= 15 is 0 Å². The maximum atomic E-state index is 11.8. The second-order valence-corrected chi connectivity index (χ2v) is 5.51. The van der Waals surface area contributed by atoms with Crippen molar-refractivity contribution in [3.8, 4) is 0 Å². The molecule has 100 valence electrons. The molecule has 0 radical (unpaired) electrons. The number of halogens is 1. The van der Waals surface area contributed by atoms with E-state index in [9.17, 15) is 4.79 Å². The summed E-state index contributed by atoms with van der Waals surface area (Å²) in [6.45, 7) is 2.01. The molecule has 0 aliphatic rings. The quantitative estimate of drug-likeness (QED) is 0.903. The van der Waals surface area contributed by atoms with E-state index in [1.807, 2.05) is 43.3 Å². The first-order valence-electron chi connectivity index (χ1n) is 6.36. The molecule has 4 heteroatoms. The number of nitrogens with one attached hydrogen (secondary N) is 1. The molecule has 0 aliphatic heterocycles. The number of amides is 1. The van der Waals surface area contributed by atoms with Crippen LogP contribution in [0.4, 0.5) is 5.69 Å². The average molecular weight is 321 g/mol. The summed E-state index contributed by atoms with van der Waals surface area (Å²) in [5, 5.41) is 5.08. The van der Waals surface area contributed by atoms with Gasteiger partial charge in [0.1, 0.15) is 0 Å².